The van der Waals surface area contributed by atoms with Gasteiger partial charge in [-0.15, -0.1) is 11.3 Å². The van der Waals surface area contributed by atoms with Crippen molar-refractivity contribution in [2.45, 2.75) is 32.4 Å². The zero-order valence-electron chi connectivity index (χ0n) is 9.54. The Balaban J connectivity index is 1.71. The summed E-state index contributed by atoms with van der Waals surface area (Å²) in [5, 5.41) is 3.49. The molecule has 0 amide bonds. The molecular formula is C12H18ClNOS. The van der Waals surface area contributed by atoms with Crippen molar-refractivity contribution >= 4 is 22.9 Å². The van der Waals surface area contributed by atoms with Crippen LogP contribution in [-0.2, 0) is 11.3 Å². The molecular weight excluding hydrogens is 242 g/mol. The zero-order chi connectivity index (χ0) is 11.4. The van der Waals surface area contributed by atoms with E-state index in [1.165, 1.54) is 11.3 Å². The van der Waals surface area contributed by atoms with Gasteiger partial charge in [0.1, 0.15) is 0 Å². The minimum absolute atomic E-state index is 0.458. The average Bonchev–Trinajstić information content (AvgIpc) is 2.87. The summed E-state index contributed by atoms with van der Waals surface area (Å²) in [6.07, 6.45) is 2.77. The van der Waals surface area contributed by atoms with E-state index in [0.717, 1.165) is 30.5 Å². The standard InChI is InChI=1S/C12H18ClNOS/c1-2-11-9(5-6-15-11)7-14-8-10-3-4-12(13)16-10/h3-4,9,11,14H,2,5-8H2,1H3. The molecule has 1 aromatic rings. The van der Waals surface area contributed by atoms with Gasteiger partial charge in [-0.25, -0.2) is 0 Å². The molecule has 0 spiro atoms. The van der Waals surface area contributed by atoms with Gasteiger partial charge in [0, 0.05) is 24.6 Å². The lowest BCUT2D eigenvalue weighted by Gasteiger charge is -2.16. The van der Waals surface area contributed by atoms with Crippen molar-refractivity contribution in [3.63, 3.8) is 0 Å². The highest BCUT2D eigenvalue weighted by atomic mass is 35.5. The molecule has 2 heterocycles. The molecule has 1 aliphatic heterocycles. The molecule has 1 aromatic heterocycles. The van der Waals surface area contributed by atoms with Gasteiger partial charge in [0.2, 0.25) is 0 Å². The quantitative estimate of drug-likeness (QED) is 0.876. The van der Waals surface area contributed by atoms with E-state index >= 15 is 0 Å². The SMILES string of the molecule is CCC1OCCC1CNCc1ccc(Cl)s1. The van der Waals surface area contributed by atoms with Crippen LogP contribution in [0.3, 0.4) is 0 Å². The molecule has 2 atom stereocenters. The topological polar surface area (TPSA) is 21.3 Å². The van der Waals surface area contributed by atoms with Crippen LogP contribution in [0.4, 0.5) is 0 Å². The van der Waals surface area contributed by atoms with Crippen molar-refractivity contribution in [2.75, 3.05) is 13.2 Å². The summed E-state index contributed by atoms with van der Waals surface area (Å²) in [5.41, 5.74) is 0. The second kappa shape index (κ2) is 6.01. The minimum atomic E-state index is 0.458. The number of hydrogen-bond donors (Lipinski definition) is 1. The molecule has 0 saturated carbocycles. The second-order valence-electron chi connectivity index (χ2n) is 4.20. The molecule has 1 saturated heterocycles. The number of nitrogens with one attached hydrogen (secondary N) is 1. The van der Waals surface area contributed by atoms with Gasteiger partial charge in [-0.1, -0.05) is 18.5 Å². The third-order valence-electron chi connectivity index (χ3n) is 3.08. The summed E-state index contributed by atoms with van der Waals surface area (Å²) in [4.78, 5) is 1.30. The van der Waals surface area contributed by atoms with Crippen LogP contribution in [0.1, 0.15) is 24.6 Å². The molecule has 1 N–H and O–H groups in total. The van der Waals surface area contributed by atoms with E-state index in [1.807, 2.05) is 6.07 Å². The molecule has 1 aliphatic rings. The van der Waals surface area contributed by atoms with E-state index in [4.69, 9.17) is 16.3 Å². The number of halogens is 1. The third kappa shape index (κ3) is 3.20. The van der Waals surface area contributed by atoms with Crippen molar-refractivity contribution < 1.29 is 4.74 Å². The summed E-state index contributed by atoms with van der Waals surface area (Å²) in [7, 11) is 0. The van der Waals surface area contributed by atoms with E-state index in [0.29, 0.717) is 12.0 Å². The first-order valence-electron chi connectivity index (χ1n) is 5.86. The molecule has 1 fully saturated rings. The molecule has 0 aliphatic carbocycles. The molecule has 0 radical (unpaired) electrons. The molecule has 2 rings (SSSR count). The van der Waals surface area contributed by atoms with E-state index in [9.17, 15) is 0 Å². The first-order chi connectivity index (χ1) is 7.79. The average molecular weight is 260 g/mol. The summed E-state index contributed by atoms with van der Waals surface area (Å²) in [6, 6.07) is 4.04. The molecule has 2 nitrogen and oxygen atoms in total. The molecule has 2 unspecified atom stereocenters. The molecule has 90 valence electrons. The fourth-order valence-corrected chi connectivity index (χ4v) is 3.26. The first kappa shape index (κ1) is 12.4. The Morgan fingerprint density at radius 1 is 1.56 bits per heavy atom. The predicted octanol–water partition coefficient (Wildman–Crippen LogP) is 3.31. The molecule has 16 heavy (non-hydrogen) atoms. The fourth-order valence-electron chi connectivity index (χ4n) is 2.20. The Bertz CT molecular complexity index is 329. The second-order valence-corrected chi connectivity index (χ2v) is 6.00. The van der Waals surface area contributed by atoms with Gasteiger partial charge in [-0.2, -0.15) is 0 Å². The van der Waals surface area contributed by atoms with Gasteiger partial charge in [0.25, 0.3) is 0 Å². The maximum absolute atomic E-state index is 5.88. The van der Waals surface area contributed by atoms with Crippen molar-refractivity contribution in [3.8, 4) is 0 Å². The number of rotatable bonds is 5. The van der Waals surface area contributed by atoms with Crippen LogP contribution in [0.5, 0.6) is 0 Å². The van der Waals surface area contributed by atoms with Crippen molar-refractivity contribution in [1.82, 2.24) is 5.32 Å². The highest BCUT2D eigenvalue weighted by Gasteiger charge is 2.25. The predicted molar refractivity (Wildman–Crippen MR) is 69.2 cm³/mol. The highest BCUT2D eigenvalue weighted by Crippen LogP contribution is 2.24. The van der Waals surface area contributed by atoms with E-state index in [-0.39, 0.29) is 0 Å². The maximum Gasteiger partial charge on any atom is 0.0931 e. The maximum atomic E-state index is 5.88. The summed E-state index contributed by atoms with van der Waals surface area (Å²) in [5.74, 6) is 0.681. The van der Waals surface area contributed by atoms with E-state index in [2.05, 4.69) is 18.3 Å². The number of hydrogen-bond acceptors (Lipinski definition) is 3. The monoisotopic (exact) mass is 259 g/mol. The van der Waals surface area contributed by atoms with Crippen LogP contribution in [0, 0.1) is 5.92 Å². The highest BCUT2D eigenvalue weighted by molar-refractivity contribution is 7.16. The first-order valence-corrected chi connectivity index (χ1v) is 7.05. The Labute approximate surface area is 106 Å². The van der Waals surface area contributed by atoms with Crippen LogP contribution in [0.25, 0.3) is 0 Å². The molecule has 0 bridgehead atoms. The Morgan fingerprint density at radius 2 is 2.44 bits per heavy atom. The van der Waals surface area contributed by atoms with Gasteiger partial charge in [0.05, 0.1) is 10.4 Å². The molecule has 4 heteroatoms. The number of ether oxygens (including phenoxy) is 1. The van der Waals surface area contributed by atoms with Crippen molar-refractivity contribution in [1.29, 1.82) is 0 Å². The normalized spacial score (nSPS) is 25.1. The smallest absolute Gasteiger partial charge is 0.0931 e. The van der Waals surface area contributed by atoms with Crippen LogP contribution in [0.2, 0.25) is 4.34 Å². The largest absolute Gasteiger partial charge is 0.378 e. The summed E-state index contributed by atoms with van der Waals surface area (Å²) >= 11 is 7.53. The fraction of sp³-hybridized carbons (Fsp3) is 0.667. The van der Waals surface area contributed by atoms with Gasteiger partial charge >= 0.3 is 0 Å². The van der Waals surface area contributed by atoms with Gasteiger partial charge < -0.3 is 10.1 Å². The minimum Gasteiger partial charge on any atom is -0.378 e. The third-order valence-corrected chi connectivity index (χ3v) is 4.31. The van der Waals surface area contributed by atoms with Gasteiger partial charge in [0.15, 0.2) is 0 Å². The van der Waals surface area contributed by atoms with Crippen LogP contribution in [-0.4, -0.2) is 19.3 Å². The van der Waals surface area contributed by atoms with E-state index < -0.39 is 0 Å². The lowest BCUT2D eigenvalue weighted by Crippen LogP contribution is -2.27. The Kier molecular flexibility index (Phi) is 4.65. The van der Waals surface area contributed by atoms with Gasteiger partial charge in [-0.3, -0.25) is 0 Å². The van der Waals surface area contributed by atoms with Crippen molar-refractivity contribution in [2.24, 2.45) is 5.92 Å². The Morgan fingerprint density at radius 3 is 3.12 bits per heavy atom. The number of thiophene rings is 1. The van der Waals surface area contributed by atoms with Crippen LogP contribution >= 0.6 is 22.9 Å². The zero-order valence-corrected chi connectivity index (χ0v) is 11.1. The lowest BCUT2D eigenvalue weighted by atomic mass is 10.00. The lowest BCUT2D eigenvalue weighted by molar-refractivity contribution is 0.0872. The molecule has 0 aromatic carbocycles. The van der Waals surface area contributed by atoms with E-state index in [1.54, 1.807) is 11.3 Å². The summed E-state index contributed by atoms with van der Waals surface area (Å²) < 4.78 is 6.53. The summed E-state index contributed by atoms with van der Waals surface area (Å²) in [6.45, 7) is 5.09. The van der Waals surface area contributed by atoms with Crippen molar-refractivity contribution in [3.05, 3.63) is 21.3 Å². The Hall–Kier alpha value is -0.0900. The van der Waals surface area contributed by atoms with Crippen LogP contribution < -0.4 is 5.32 Å². The van der Waals surface area contributed by atoms with Gasteiger partial charge in [-0.05, 0) is 30.9 Å². The van der Waals surface area contributed by atoms with Crippen LogP contribution in [0.15, 0.2) is 12.1 Å².